The predicted octanol–water partition coefficient (Wildman–Crippen LogP) is 5.15. The molecular formula is C35H30FN3O4. The molecule has 6 rings (SSSR count). The summed E-state index contributed by atoms with van der Waals surface area (Å²) in [7, 11) is 1.63. The molecule has 216 valence electrons. The van der Waals surface area contributed by atoms with Gasteiger partial charge in [-0.3, -0.25) is 19.0 Å². The number of halogens is 1. The first-order valence-electron chi connectivity index (χ1n) is 14.1. The van der Waals surface area contributed by atoms with E-state index < -0.39 is 18.0 Å². The van der Waals surface area contributed by atoms with Crippen molar-refractivity contribution >= 4 is 16.6 Å². The van der Waals surface area contributed by atoms with E-state index in [2.05, 4.69) is 6.58 Å². The van der Waals surface area contributed by atoms with Crippen molar-refractivity contribution in [3.8, 4) is 16.9 Å². The molecule has 0 spiro atoms. The first-order chi connectivity index (χ1) is 20.8. The molecule has 1 saturated carbocycles. The van der Waals surface area contributed by atoms with Crippen molar-refractivity contribution in [1.29, 1.82) is 0 Å². The number of aliphatic hydroxyl groups excluding tert-OH is 1. The fraction of sp³-hybridized carbons (Fsp3) is 0.200. The van der Waals surface area contributed by atoms with Crippen molar-refractivity contribution in [2.24, 2.45) is 7.05 Å². The minimum absolute atomic E-state index is 0.000678. The van der Waals surface area contributed by atoms with Crippen molar-refractivity contribution in [2.75, 3.05) is 0 Å². The van der Waals surface area contributed by atoms with Crippen LogP contribution in [0.15, 0.2) is 95.3 Å². The first-order valence-corrected chi connectivity index (χ1v) is 14.1. The molecule has 5 aromatic rings. The molecule has 1 fully saturated rings. The zero-order valence-corrected chi connectivity index (χ0v) is 23.7. The van der Waals surface area contributed by atoms with Crippen LogP contribution in [-0.4, -0.2) is 25.0 Å². The molecule has 1 N–H and O–H groups in total. The van der Waals surface area contributed by atoms with Crippen LogP contribution in [0.3, 0.4) is 0 Å². The number of aliphatic hydroxyl groups is 1. The van der Waals surface area contributed by atoms with E-state index in [1.807, 2.05) is 30.3 Å². The molecule has 1 aliphatic carbocycles. The Bertz CT molecular complexity index is 2040. The zero-order chi connectivity index (χ0) is 30.2. The molecule has 0 unspecified atom stereocenters. The van der Waals surface area contributed by atoms with Gasteiger partial charge in [0.25, 0.3) is 11.1 Å². The van der Waals surface area contributed by atoms with Gasteiger partial charge < -0.3 is 9.67 Å². The Hall–Kier alpha value is -4.95. The number of hydrogen-bond donors (Lipinski definition) is 1. The predicted molar refractivity (Wildman–Crippen MR) is 164 cm³/mol. The molecule has 0 radical (unpaired) electrons. The van der Waals surface area contributed by atoms with Gasteiger partial charge in [0.2, 0.25) is 0 Å². The van der Waals surface area contributed by atoms with Gasteiger partial charge in [-0.25, -0.2) is 9.37 Å². The van der Waals surface area contributed by atoms with Crippen LogP contribution < -0.4 is 11.1 Å². The van der Waals surface area contributed by atoms with Gasteiger partial charge in [0.05, 0.1) is 23.4 Å². The molecule has 1 aliphatic rings. The van der Waals surface area contributed by atoms with E-state index in [1.54, 1.807) is 43.7 Å². The Balaban J connectivity index is 1.42. The van der Waals surface area contributed by atoms with E-state index in [-0.39, 0.29) is 35.3 Å². The number of aromatic nitrogens is 3. The molecule has 0 saturated heterocycles. The third-order valence-corrected chi connectivity index (χ3v) is 7.98. The van der Waals surface area contributed by atoms with Gasteiger partial charge in [-0.1, -0.05) is 49.0 Å². The summed E-state index contributed by atoms with van der Waals surface area (Å²) in [5.41, 5.74) is 3.84. The number of ketones is 1. The smallest absolute Gasteiger partial charge is 0.272 e. The van der Waals surface area contributed by atoms with Crippen molar-refractivity contribution in [1.82, 2.24) is 14.1 Å². The molecule has 7 nitrogen and oxygen atoms in total. The topological polar surface area (TPSA) is 94.2 Å². The molecule has 0 atom stereocenters. The summed E-state index contributed by atoms with van der Waals surface area (Å²) in [5.74, 6) is -0.299. The van der Waals surface area contributed by atoms with E-state index in [4.69, 9.17) is 4.98 Å². The monoisotopic (exact) mass is 575 g/mol. The van der Waals surface area contributed by atoms with Crippen molar-refractivity contribution in [2.45, 2.75) is 38.2 Å². The number of fused-ring (bicyclic) bond motifs is 1. The van der Waals surface area contributed by atoms with Gasteiger partial charge in [-0.15, -0.1) is 0 Å². The Morgan fingerprint density at radius 2 is 1.84 bits per heavy atom. The average molecular weight is 576 g/mol. The lowest BCUT2D eigenvalue weighted by molar-refractivity contribution is -0.114. The average Bonchev–Trinajstić information content (AvgIpc) is 3.85. The van der Waals surface area contributed by atoms with Crippen molar-refractivity contribution in [3.05, 3.63) is 140 Å². The highest BCUT2D eigenvalue weighted by molar-refractivity contribution is 5.90. The number of nitrogens with zero attached hydrogens (tertiary/aromatic N) is 3. The van der Waals surface area contributed by atoms with E-state index in [9.17, 15) is 19.5 Å². The number of carbonyl (C=O) groups is 1. The lowest BCUT2D eigenvalue weighted by atomic mass is 10.0. The lowest BCUT2D eigenvalue weighted by Gasteiger charge is -2.16. The van der Waals surface area contributed by atoms with E-state index in [1.165, 1.54) is 21.3 Å². The SMILES string of the molecule is C=CC(=O)Cc1cccc(Cc2nc(-c3cccc(-n4ccc5cc(C6CC6)cc(F)c5c4=O)c3CO)cn(C)c2=O)c1. The molecule has 8 heteroatoms. The molecule has 0 bridgehead atoms. The highest BCUT2D eigenvalue weighted by Gasteiger charge is 2.25. The summed E-state index contributed by atoms with van der Waals surface area (Å²) in [5, 5.41) is 11.1. The molecule has 0 aliphatic heterocycles. The van der Waals surface area contributed by atoms with Crippen LogP contribution in [-0.2, 0) is 31.3 Å². The Kier molecular flexibility index (Phi) is 7.46. The van der Waals surface area contributed by atoms with Crippen molar-refractivity contribution in [3.63, 3.8) is 0 Å². The van der Waals surface area contributed by atoms with Crippen LogP contribution in [0.4, 0.5) is 4.39 Å². The maximum absolute atomic E-state index is 15.2. The summed E-state index contributed by atoms with van der Waals surface area (Å²) >= 11 is 0. The number of carbonyl (C=O) groups excluding carboxylic acids is 1. The number of allylic oxidation sites excluding steroid dienone is 1. The second-order valence-corrected chi connectivity index (χ2v) is 11.0. The number of aryl methyl sites for hydroxylation is 1. The third-order valence-electron chi connectivity index (χ3n) is 7.98. The van der Waals surface area contributed by atoms with Gasteiger partial charge in [-0.2, -0.15) is 0 Å². The molecule has 3 aromatic carbocycles. The minimum Gasteiger partial charge on any atom is -0.392 e. The normalized spacial score (nSPS) is 12.9. The van der Waals surface area contributed by atoms with Gasteiger partial charge in [0, 0.05) is 43.4 Å². The summed E-state index contributed by atoms with van der Waals surface area (Å²) in [6, 6.07) is 17.7. The molecule has 43 heavy (non-hydrogen) atoms. The van der Waals surface area contributed by atoms with Crippen LogP contribution >= 0.6 is 0 Å². The maximum atomic E-state index is 15.2. The Morgan fingerprint density at radius 3 is 2.58 bits per heavy atom. The maximum Gasteiger partial charge on any atom is 0.272 e. The highest BCUT2D eigenvalue weighted by atomic mass is 19.1. The summed E-state index contributed by atoms with van der Waals surface area (Å²) in [6.07, 6.45) is 6.98. The summed E-state index contributed by atoms with van der Waals surface area (Å²) < 4.78 is 18.0. The van der Waals surface area contributed by atoms with Crippen LogP contribution in [0.5, 0.6) is 0 Å². The van der Waals surface area contributed by atoms with E-state index in [0.717, 1.165) is 29.5 Å². The van der Waals surface area contributed by atoms with E-state index >= 15 is 4.39 Å². The third kappa shape index (κ3) is 5.49. The highest BCUT2D eigenvalue weighted by Crippen LogP contribution is 2.41. The van der Waals surface area contributed by atoms with Crippen molar-refractivity contribution < 1.29 is 14.3 Å². The fourth-order valence-electron chi connectivity index (χ4n) is 5.63. The van der Waals surface area contributed by atoms with Crippen LogP contribution in [0.1, 0.15) is 46.7 Å². The first kappa shape index (κ1) is 28.2. The second-order valence-electron chi connectivity index (χ2n) is 11.0. The fourth-order valence-corrected chi connectivity index (χ4v) is 5.63. The molecule has 2 aromatic heterocycles. The summed E-state index contributed by atoms with van der Waals surface area (Å²) in [6.45, 7) is 3.10. The Labute approximate surface area is 247 Å². The van der Waals surface area contributed by atoms with Gasteiger partial charge >= 0.3 is 0 Å². The standard InChI is InChI=1S/C35H30FN3O4/c1-3-26(41)15-21-6-4-7-22(14-21)16-30-34(42)38(2)19-31(37-30)27-8-5-9-32(28(27)20-40)39-13-12-24-17-25(23-10-11-23)18-29(36)33(24)35(39)43/h3-9,12-14,17-19,23,40H,1,10-11,15-16,20H2,2H3. The van der Waals surface area contributed by atoms with E-state index in [0.29, 0.717) is 33.8 Å². The quantitative estimate of drug-likeness (QED) is 0.246. The number of pyridine rings is 1. The largest absolute Gasteiger partial charge is 0.392 e. The Morgan fingerprint density at radius 1 is 1.07 bits per heavy atom. The van der Waals surface area contributed by atoms with Crippen LogP contribution in [0.2, 0.25) is 0 Å². The summed E-state index contributed by atoms with van der Waals surface area (Å²) in [4.78, 5) is 43.2. The van der Waals surface area contributed by atoms with Gasteiger partial charge in [-0.05, 0) is 65.1 Å². The molecule has 0 amide bonds. The van der Waals surface area contributed by atoms with Gasteiger partial charge in [0.15, 0.2) is 5.78 Å². The van der Waals surface area contributed by atoms with Gasteiger partial charge in [0.1, 0.15) is 11.5 Å². The second kappa shape index (κ2) is 11.4. The number of rotatable bonds is 9. The number of hydrogen-bond acceptors (Lipinski definition) is 5. The van der Waals surface area contributed by atoms with Crippen LogP contribution in [0, 0.1) is 5.82 Å². The van der Waals surface area contributed by atoms with Crippen LogP contribution in [0.25, 0.3) is 27.7 Å². The minimum atomic E-state index is -0.553. The molecule has 2 heterocycles. The zero-order valence-electron chi connectivity index (χ0n) is 23.7. The number of benzene rings is 3. The lowest BCUT2D eigenvalue weighted by Crippen LogP contribution is -2.24. The molecular weight excluding hydrogens is 545 g/mol.